The van der Waals surface area contributed by atoms with Gasteiger partial charge in [-0.3, -0.25) is 14.6 Å². The van der Waals surface area contributed by atoms with Gasteiger partial charge in [0.15, 0.2) is 0 Å². The van der Waals surface area contributed by atoms with Crippen molar-refractivity contribution in [3.05, 3.63) is 59.9 Å². The Morgan fingerprint density at radius 3 is 2.61 bits per heavy atom. The van der Waals surface area contributed by atoms with Crippen LogP contribution in [0.25, 0.3) is 0 Å². The number of carbonyl (C=O) groups excluding carboxylic acids is 2. The van der Waals surface area contributed by atoms with Crippen LogP contribution >= 0.6 is 12.4 Å². The number of pyridine rings is 1. The van der Waals surface area contributed by atoms with Gasteiger partial charge in [0, 0.05) is 30.4 Å². The lowest BCUT2D eigenvalue weighted by molar-refractivity contribution is -0.114. The van der Waals surface area contributed by atoms with Crippen molar-refractivity contribution in [3.63, 3.8) is 0 Å². The van der Waals surface area contributed by atoms with Crippen molar-refractivity contribution >= 4 is 29.9 Å². The Hall–Kier alpha value is -2.44. The second-order valence-electron chi connectivity index (χ2n) is 6.85. The molecule has 6 nitrogen and oxygen atoms in total. The van der Waals surface area contributed by atoms with Crippen LogP contribution in [0.2, 0.25) is 0 Å². The fourth-order valence-electron chi connectivity index (χ4n) is 3.41. The summed E-state index contributed by atoms with van der Waals surface area (Å²) in [5, 5.41) is 6.14. The molecule has 28 heavy (non-hydrogen) atoms. The van der Waals surface area contributed by atoms with Crippen molar-refractivity contribution in [1.82, 2.24) is 15.2 Å². The number of benzene rings is 1. The van der Waals surface area contributed by atoms with Crippen LogP contribution in [0.3, 0.4) is 0 Å². The lowest BCUT2D eigenvalue weighted by Gasteiger charge is -2.31. The monoisotopic (exact) mass is 402 g/mol. The van der Waals surface area contributed by atoms with Gasteiger partial charge in [-0.15, -0.1) is 12.4 Å². The van der Waals surface area contributed by atoms with Gasteiger partial charge in [0.2, 0.25) is 5.91 Å². The summed E-state index contributed by atoms with van der Waals surface area (Å²) in [6.45, 7) is 3.87. The Kier molecular flexibility index (Phi) is 8.42. The SMILES string of the molecule is CC(=O)Nc1ccc(C(=O)N(Cc2ccccn2)C2CCCNCC2)cc1.Cl. The van der Waals surface area contributed by atoms with Crippen LogP contribution < -0.4 is 10.6 Å². The number of aromatic nitrogens is 1. The third-order valence-corrected chi connectivity index (χ3v) is 4.76. The maximum absolute atomic E-state index is 13.3. The van der Waals surface area contributed by atoms with E-state index in [1.54, 1.807) is 30.5 Å². The van der Waals surface area contributed by atoms with Gasteiger partial charge in [-0.05, 0) is 68.8 Å². The second-order valence-corrected chi connectivity index (χ2v) is 6.85. The number of anilines is 1. The summed E-state index contributed by atoms with van der Waals surface area (Å²) in [7, 11) is 0. The fraction of sp³-hybridized carbons (Fsp3) is 0.381. The van der Waals surface area contributed by atoms with Gasteiger partial charge < -0.3 is 15.5 Å². The highest BCUT2D eigenvalue weighted by molar-refractivity contribution is 5.95. The molecule has 1 atom stereocenters. The average Bonchev–Trinajstić information content (AvgIpc) is 2.96. The molecule has 2 amide bonds. The zero-order valence-corrected chi connectivity index (χ0v) is 16.9. The molecular weight excluding hydrogens is 376 g/mol. The number of halogens is 1. The minimum absolute atomic E-state index is 0. The number of hydrogen-bond acceptors (Lipinski definition) is 4. The molecule has 0 bridgehead atoms. The summed E-state index contributed by atoms with van der Waals surface area (Å²) in [5.74, 6) is -0.126. The lowest BCUT2D eigenvalue weighted by Crippen LogP contribution is -2.40. The quantitative estimate of drug-likeness (QED) is 0.805. The van der Waals surface area contributed by atoms with Gasteiger partial charge in [0.05, 0.1) is 12.2 Å². The molecular formula is C21H27ClN4O2. The first-order chi connectivity index (χ1) is 13.1. The minimum atomic E-state index is -0.128. The van der Waals surface area contributed by atoms with E-state index in [-0.39, 0.29) is 30.3 Å². The number of nitrogens with one attached hydrogen (secondary N) is 2. The van der Waals surface area contributed by atoms with Crippen LogP contribution in [0.5, 0.6) is 0 Å². The van der Waals surface area contributed by atoms with Gasteiger partial charge in [0.25, 0.3) is 5.91 Å². The van der Waals surface area contributed by atoms with E-state index in [2.05, 4.69) is 15.6 Å². The normalized spacial score (nSPS) is 16.4. The highest BCUT2D eigenvalue weighted by Crippen LogP contribution is 2.20. The summed E-state index contributed by atoms with van der Waals surface area (Å²) in [4.78, 5) is 30.8. The topological polar surface area (TPSA) is 74.3 Å². The number of amides is 2. The molecule has 1 aromatic carbocycles. The van der Waals surface area contributed by atoms with Crippen LogP contribution in [-0.4, -0.2) is 40.8 Å². The van der Waals surface area contributed by atoms with Gasteiger partial charge >= 0.3 is 0 Å². The molecule has 2 heterocycles. The third kappa shape index (κ3) is 6.04. The second kappa shape index (κ2) is 10.8. The number of carbonyl (C=O) groups is 2. The Labute approximate surface area is 172 Å². The molecule has 1 aliphatic heterocycles. The number of rotatable bonds is 5. The summed E-state index contributed by atoms with van der Waals surface area (Å²) >= 11 is 0. The maximum atomic E-state index is 13.3. The molecule has 1 saturated heterocycles. The Balaban J connectivity index is 0.00000280. The summed E-state index contributed by atoms with van der Waals surface area (Å²) in [6, 6.07) is 13.0. The molecule has 2 aromatic rings. The molecule has 0 aliphatic carbocycles. The molecule has 1 unspecified atom stereocenters. The average molecular weight is 403 g/mol. The highest BCUT2D eigenvalue weighted by Gasteiger charge is 2.26. The third-order valence-electron chi connectivity index (χ3n) is 4.76. The molecule has 7 heteroatoms. The van der Waals surface area contributed by atoms with E-state index in [1.165, 1.54) is 6.92 Å². The van der Waals surface area contributed by atoms with E-state index >= 15 is 0 Å². The fourth-order valence-corrected chi connectivity index (χ4v) is 3.41. The van der Waals surface area contributed by atoms with Crippen LogP contribution in [0.1, 0.15) is 42.2 Å². The molecule has 3 rings (SSSR count). The molecule has 2 N–H and O–H groups in total. The molecule has 0 spiro atoms. The largest absolute Gasteiger partial charge is 0.330 e. The Bertz CT molecular complexity index is 760. The zero-order chi connectivity index (χ0) is 19.1. The van der Waals surface area contributed by atoms with Crippen molar-refractivity contribution in [2.45, 2.75) is 38.8 Å². The molecule has 1 aliphatic rings. The predicted molar refractivity (Wildman–Crippen MR) is 113 cm³/mol. The van der Waals surface area contributed by atoms with E-state index in [0.717, 1.165) is 38.0 Å². The molecule has 0 saturated carbocycles. The van der Waals surface area contributed by atoms with Crippen LogP contribution in [0.15, 0.2) is 48.7 Å². The number of hydrogen-bond donors (Lipinski definition) is 2. The summed E-state index contributed by atoms with van der Waals surface area (Å²) in [5.41, 5.74) is 2.20. The Morgan fingerprint density at radius 1 is 1.14 bits per heavy atom. The van der Waals surface area contributed by atoms with Crippen LogP contribution in [-0.2, 0) is 11.3 Å². The van der Waals surface area contributed by atoms with Gasteiger partial charge in [-0.25, -0.2) is 0 Å². The first-order valence-electron chi connectivity index (χ1n) is 9.43. The standard InChI is InChI=1S/C21H26N4O2.ClH/c1-16(26)24-18-9-7-17(8-10-18)21(27)25(15-19-5-2-3-13-23-19)20-6-4-12-22-14-11-20;/h2-3,5,7-10,13,20,22H,4,6,11-12,14-15H2,1H3,(H,24,26);1H. The zero-order valence-electron chi connectivity index (χ0n) is 16.1. The van der Waals surface area contributed by atoms with Crippen molar-refractivity contribution in [2.24, 2.45) is 0 Å². The molecule has 0 radical (unpaired) electrons. The van der Waals surface area contributed by atoms with E-state index in [4.69, 9.17) is 0 Å². The van der Waals surface area contributed by atoms with Gasteiger partial charge in [-0.2, -0.15) is 0 Å². The summed E-state index contributed by atoms with van der Waals surface area (Å²) in [6.07, 6.45) is 4.73. The van der Waals surface area contributed by atoms with E-state index in [0.29, 0.717) is 17.8 Å². The van der Waals surface area contributed by atoms with Crippen LogP contribution in [0, 0.1) is 0 Å². The first kappa shape index (κ1) is 21.9. The van der Waals surface area contributed by atoms with Gasteiger partial charge in [-0.1, -0.05) is 6.07 Å². The van der Waals surface area contributed by atoms with E-state index in [9.17, 15) is 9.59 Å². The van der Waals surface area contributed by atoms with Crippen molar-refractivity contribution in [3.8, 4) is 0 Å². The lowest BCUT2D eigenvalue weighted by atomic mass is 10.0. The Morgan fingerprint density at radius 2 is 1.93 bits per heavy atom. The molecule has 1 fully saturated rings. The summed E-state index contributed by atoms with van der Waals surface area (Å²) < 4.78 is 0. The highest BCUT2D eigenvalue weighted by atomic mass is 35.5. The predicted octanol–water partition coefficient (Wildman–Crippen LogP) is 3.25. The van der Waals surface area contributed by atoms with Crippen molar-refractivity contribution < 1.29 is 9.59 Å². The number of nitrogens with zero attached hydrogens (tertiary/aromatic N) is 2. The van der Waals surface area contributed by atoms with Crippen molar-refractivity contribution in [1.29, 1.82) is 0 Å². The van der Waals surface area contributed by atoms with Crippen LogP contribution in [0.4, 0.5) is 5.69 Å². The minimum Gasteiger partial charge on any atom is -0.330 e. The molecule has 1 aromatic heterocycles. The van der Waals surface area contributed by atoms with Gasteiger partial charge in [0.1, 0.15) is 0 Å². The van der Waals surface area contributed by atoms with E-state index in [1.807, 2.05) is 23.1 Å². The first-order valence-corrected chi connectivity index (χ1v) is 9.43. The maximum Gasteiger partial charge on any atom is 0.254 e. The smallest absolute Gasteiger partial charge is 0.254 e. The van der Waals surface area contributed by atoms with Crippen molar-refractivity contribution in [2.75, 3.05) is 18.4 Å². The van der Waals surface area contributed by atoms with E-state index < -0.39 is 0 Å². The molecule has 150 valence electrons.